The summed E-state index contributed by atoms with van der Waals surface area (Å²) in [6.45, 7) is 0. The molecule has 188 valence electrons. The van der Waals surface area contributed by atoms with Crippen molar-refractivity contribution < 1.29 is 18.0 Å². The Bertz CT molecular complexity index is 1340. The minimum absolute atomic E-state index is 0.0944. The van der Waals surface area contributed by atoms with Gasteiger partial charge in [-0.05, 0) is 72.8 Å². The molecule has 2 aromatic carbocycles. The second kappa shape index (κ2) is 12.5. The summed E-state index contributed by atoms with van der Waals surface area (Å²) >= 11 is 2.62. The van der Waals surface area contributed by atoms with E-state index in [0.717, 1.165) is 10.1 Å². The zero-order chi connectivity index (χ0) is 26.1. The molecule has 11 heteroatoms. The van der Waals surface area contributed by atoms with Gasteiger partial charge in [-0.15, -0.1) is 0 Å². The second-order valence-corrected chi connectivity index (χ2v) is 11.5. The Labute approximate surface area is 223 Å². The molecule has 37 heavy (non-hydrogen) atoms. The zero-order valence-corrected chi connectivity index (χ0v) is 21.9. The lowest BCUT2D eigenvalue weighted by molar-refractivity contribution is -0.114. The van der Waals surface area contributed by atoms with E-state index in [1.807, 2.05) is 24.3 Å². The Balaban J connectivity index is 1.31. The molecule has 0 saturated heterocycles. The molecule has 2 heterocycles. The van der Waals surface area contributed by atoms with Crippen LogP contribution in [0.25, 0.3) is 0 Å². The normalized spacial score (nSPS) is 11.0. The van der Waals surface area contributed by atoms with E-state index in [-0.39, 0.29) is 33.1 Å². The largest absolute Gasteiger partial charge is 0.325 e. The number of carbonyl (C=O) groups is 2. The fourth-order valence-electron chi connectivity index (χ4n) is 3.11. The first-order valence-corrected chi connectivity index (χ1v) is 14.5. The first-order valence-electron chi connectivity index (χ1n) is 11.0. The van der Waals surface area contributed by atoms with Gasteiger partial charge in [-0.3, -0.25) is 9.59 Å². The molecule has 0 atom stereocenters. The Morgan fingerprint density at radius 1 is 0.622 bits per heavy atom. The lowest BCUT2D eigenvalue weighted by Crippen LogP contribution is -2.14. The molecule has 0 aliphatic heterocycles. The van der Waals surface area contributed by atoms with Crippen molar-refractivity contribution in [3.05, 3.63) is 97.3 Å². The molecule has 0 bridgehead atoms. The number of nitrogens with one attached hydrogen (secondary N) is 2. The third kappa shape index (κ3) is 7.66. The van der Waals surface area contributed by atoms with Gasteiger partial charge in [0.2, 0.25) is 21.7 Å². The minimum Gasteiger partial charge on any atom is -0.325 e. The minimum atomic E-state index is -3.77. The van der Waals surface area contributed by atoms with E-state index in [2.05, 4.69) is 20.6 Å². The van der Waals surface area contributed by atoms with Crippen LogP contribution in [0, 0.1) is 0 Å². The van der Waals surface area contributed by atoms with Crippen molar-refractivity contribution in [1.29, 1.82) is 0 Å². The van der Waals surface area contributed by atoms with Crippen LogP contribution >= 0.6 is 23.5 Å². The molecule has 0 fully saturated rings. The summed E-state index contributed by atoms with van der Waals surface area (Å²) in [5.41, 5.74) is 0.986. The van der Waals surface area contributed by atoms with Crippen LogP contribution in [0.15, 0.2) is 117 Å². The number of anilines is 2. The zero-order valence-electron chi connectivity index (χ0n) is 19.4. The van der Waals surface area contributed by atoms with Crippen molar-refractivity contribution in [2.24, 2.45) is 0 Å². The third-order valence-electron chi connectivity index (χ3n) is 4.87. The number of amides is 2. The summed E-state index contributed by atoms with van der Waals surface area (Å²) in [6.07, 6.45) is 3.32. The summed E-state index contributed by atoms with van der Waals surface area (Å²) in [5.74, 6) is -0.0755. The van der Waals surface area contributed by atoms with E-state index in [4.69, 9.17) is 0 Å². The van der Waals surface area contributed by atoms with Gasteiger partial charge in [0.25, 0.3) is 0 Å². The average Bonchev–Trinajstić information content (AvgIpc) is 2.92. The number of thioether (sulfide) groups is 2. The number of hydrogen-bond donors (Lipinski definition) is 2. The third-order valence-corrected chi connectivity index (χ3v) is 8.55. The van der Waals surface area contributed by atoms with Gasteiger partial charge in [0.05, 0.1) is 31.3 Å². The van der Waals surface area contributed by atoms with Crippen LogP contribution in [-0.2, 0) is 19.4 Å². The Morgan fingerprint density at radius 2 is 1.03 bits per heavy atom. The second-order valence-electron chi connectivity index (χ2n) is 7.56. The Kier molecular flexibility index (Phi) is 8.94. The number of hydrogen-bond acceptors (Lipinski definition) is 8. The SMILES string of the molecule is O=C(CSc1ccccn1)Nc1ccc(S(=O)(=O)c2ccc(NC(=O)CSc3ccccn3)cc2)cc1. The molecule has 0 radical (unpaired) electrons. The highest BCUT2D eigenvalue weighted by Crippen LogP contribution is 2.24. The highest BCUT2D eigenvalue weighted by Gasteiger charge is 2.18. The highest BCUT2D eigenvalue weighted by molar-refractivity contribution is 8.00. The number of benzene rings is 2. The van der Waals surface area contributed by atoms with Crippen molar-refractivity contribution >= 4 is 56.6 Å². The standard InChI is InChI=1S/C26H22N4O4S3/c31-23(17-35-25-5-1-3-15-27-25)29-19-7-11-21(12-8-19)37(33,34)22-13-9-20(10-14-22)30-24(32)18-36-26-6-2-4-16-28-26/h1-16H,17-18H2,(H,29,31)(H,30,32). The van der Waals surface area contributed by atoms with E-state index in [1.165, 1.54) is 47.8 Å². The van der Waals surface area contributed by atoms with Gasteiger partial charge in [-0.2, -0.15) is 0 Å². The molecular weight excluding hydrogens is 529 g/mol. The van der Waals surface area contributed by atoms with E-state index in [9.17, 15) is 18.0 Å². The molecule has 2 amide bonds. The number of sulfone groups is 1. The van der Waals surface area contributed by atoms with Crippen LogP contribution in [0.2, 0.25) is 0 Å². The monoisotopic (exact) mass is 550 g/mol. The van der Waals surface area contributed by atoms with Gasteiger partial charge in [-0.25, -0.2) is 18.4 Å². The predicted octanol–water partition coefficient (Wildman–Crippen LogP) is 4.77. The van der Waals surface area contributed by atoms with E-state index < -0.39 is 9.84 Å². The van der Waals surface area contributed by atoms with E-state index in [0.29, 0.717) is 11.4 Å². The van der Waals surface area contributed by atoms with Gasteiger partial charge in [0, 0.05) is 23.8 Å². The average molecular weight is 551 g/mol. The lowest BCUT2D eigenvalue weighted by atomic mass is 10.3. The molecule has 8 nitrogen and oxygen atoms in total. The molecule has 2 aromatic heterocycles. The summed E-state index contributed by atoms with van der Waals surface area (Å²) in [7, 11) is -3.77. The van der Waals surface area contributed by atoms with Crippen LogP contribution in [0.1, 0.15) is 0 Å². The predicted molar refractivity (Wildman–Crippen MR) is 146 cm³/mol. The molecule has 0 unspecified atom stereocenters. The van der Waals surface area contributed by atoms with Crippen molar-refractivity contribution in [3.8, 4) is 0 Å². The first-order chi connectivity index (χ1) is 17.9. The van der Waals surface area contributed by atoms with Crippen molar-refractivity contribution in [3.63, 3.8) is 0 Å². The van der Waals surface area contributed by atoms with E-state index >= 15 is 0 Å². The molecule has 4 rings (SSSR count). The van der Waals surface area contributed by atoms with Crippen LogP contribution in [0.5, 0.6) is 0 Å². The van der Waals surface area contributed by atoms with Crippen LogP contribution < -0.4 is 10.6 Å². The van der Waals surface area contributed by atoms with Crippen LogP contribution in [0.4, 0.5) is 11.4 Å². The smallest absolute Gasteiger partial charge is 0.234 e. The van der Waals surface area contributed by atoms with Crippen molar-refractivity contribution in [2.45, 2.75) is 19.8 Å². The topological polar surface area (TPSA) is 118 Å². The fraction of sp³-hybridized carbons (Fsp3) is 0.0769. The van der Waals surface area contributed by atoms with Gasteiger partial charge < -0.3 is 10.6 Å². The lowest BCUT2D eigenvalue weighted by Gasteiger charge is -2.09. The molecule has 4 aromatic rings. The summed E-state index contributed by atoms with van der Waals surface area (Å²) in [5, 5.41) is 6.98. The maximum absolute atomic E-state index is 13.0. The quantitative estimate of drug-likeness (QED) is 0.271. The fourth-order valence-corrected chi connectivity index (χ4v) is 5.69. The number of nitrogens with zero attached hydrogens (tertiary/aromatic N) is 2. The van der Waals surface area contributed by atoms with Gasteiger partial charge >= 0.3 is 0 Å². The highest BCUT2D eigenvalue weighted by atomic mass is 32.2. The van der Waals surface area contributed by atoms with E-state index in [1.54, 1.807) is 48.8 Å². The first kappa shape index (κ1) is 26.4. The molecule has 0 aliphatic carbocycles. The molecule has 0 aliphatic rings. The van der Waals surface area contributed by atoms with Gasteiger partial charge in [0.15, 0.2) is 0 Å². The maximum atomic E-state index is 13.0. The molecule has 0 saturated carbocycles. The molecule has 2 N–H and O–H groups in total. The van der Waals surface area contributed by atoms with Gasteiger partial charge in [-0.1, -0.05) is 35.7 Å². The number of carbonyl (C=O) groups excluding carboxylic acids is 2. The van der Waals surface area contributed by atoms with Crippen LogP contribution in [-0.4, -0.2) is 41.7 Å². The number of rotatable bonds is 10. The van der Waals surface area contributed by atoms with Crippen molar-refractivity contribution in [2.75, 3.05) is 22.1 Å². The summed E-state index contributed by atoms with van der Waals surface area (Å²) < 4.78 is 26.0. The molecule has 0 spiro atoms. The Hall–Kier alpha value is -3.67. The summed E-state index contributed by atoms with van der Waals surface area (Å²) in [4.78, 5) is 32.9. The van der Waals surface area contributed by atoms with Crippen LogP contribution in [0.3, 0.4) is 0 Å². The van der Waals surface area contributed by atoms with Gasteiger partial charge in [0.1, 0.15) is 0 Å². The maximum Gasteiger partial charge on any atom is 0.234 e. The Morgan fingerprint density at radius 3 is 1.38 bits per heavy atom. The number of pyridine rings is 2. The number of aromatic nitrogens is 2. The summed E-state index contributed by atoms with van der Waals surface area (Å²) in [6, 6.07) is 22.9. The van der Waals surface area contributed by atoms with Crippen molar-refractivity contribution in [1.82, 2.24) is 9.97 Å². The molecular formula is C26H22N4O4S3.